The van der Waals surface area contributed by atoms with Crippen molar-refractivity contribution < 1.29 is 23.9 Å². The van der Waals surface area contributed by atoms with Crippen LogP contribution in [0.5, 0.6) is 5.75 Å². The van der Waals surface area contributed by atoms with Gasteiger partial charge in [0, 0.05) is 13.2 Å². The normalized spacial score (nSPS) is 20.2. The van der Waals surface area contributed by atoms with Crippen LogP contribution in [0.15, 0.2) is 17.0 Å². The molecule has 2 aliphatic rings. The van der Waals surface area contributed by atoms with E-state index in [-0.39, 0.29) is 24.5 Å². The maximum Gasteiger partial charge on any atom is 0.294 e. The number of nitrogens with one attached hydrogen (secondary N) is 1. The molecule has 0 unspecified atom stereocenters. The highest BCUT2D eigenvalue weighted by atomic mass is 32.2. The zero-order chi connectivity index (χ0) is 22.5. The van der Waals surface area contributed by atoms with E-state index in [1.165, 1.54) is 0 Å². The molecular weight excluding hydrogens is 416 g/mol. The Morgan fingerprint density at radius 1 is 1.39 bits per heavy atom. The van der Waals surface area contributed by atoms with Gasteiger partial charge in [-0.2, -0.15) is 0 Å². The SMILES string of the molecule is CCOc1cc(C)c(/C=C2\SC(=O)N(CC(=O)NC[C@@H]3CCCO3)C2=O)cc1C(C)C. The Bertz CT molecular complexity index is 890. The molecule has 8 heteroatoms. The third-order valence-corrected chi connectivity index (χ3v) is 6.24. The Morgan fingerprint density at radius 2 is 2.16 bits per heavy atom. The van der Waals surface area contributed by atoms with Gasteiger partial charge in [0.15, 0.2) is 0 Å². The first kappa shape index (κ1) is 23.3. The van der Waals surface area contributed by atoms with Crippen LogP contribution in [0, 0.1) is 6.92 Å². The van der Waals surface area contributed by atoms with Crippen LogP contribution in [0.1, 0.15) is 56.2 Å². The minimum atomic E-state index is -0.443. The standard InChI is InChI=1S/C23H30N2O5S/c1-5-29-19-9-15(4)16(10-18(19)14(2)3)11-20-22(27)25(23(28)31-20)13-21(26)24-12-17-7-6-8-30-17/h9-11,14,17H,5-8,12-13H2,1-4H3,(H,24,26)/b20-11-/t17-/m0/s1. The summed E-state index contributed by atoms with van der Waals surface area (Å²) < 4.78 is 11.2. The van der Waals surface area contributed by atoms with Crippen LogP contribution in [0.3, 0.4) is 0 Å². The summed E-state index contributed by atoms with van der Waals surface area (Å²) in [5.41, 5.74) is 2.86. The number of amides is 3. The van der Waals surface area contributed by atoms with E-state index in [4.69, 9.17) is 9.47 Å². The van der Waals surface area contributed by atoms with Crippen molar-refractivity contribution in [1.29, 1.82) is 0 Å². The van der Waals surface area contributed by atoms with Crippen molar-refractivity contribution in [2.75, 3.05) is 26.3 Å². The van der Waals surface area contributed by atoms with E-state index in [0.717, 1.165) is 51.9 Å². The number of hydrogen-bond donors (Lipinski definition) is 1. The quantitative estimate of drug-likeness (QED) is 0.611. The summed E-state index contributed by atoms with van der Waals surface area (Å²) in [5, 5.41) is 2.32. The summed E-state index contributed by atoms with van der Waals surface area (Å²) >= 11 is 0.862. The number of imide groups is 1. The number of hydrogen-bond acceptors (Lipinski definition) is 6. The number of aryl methyl sites for hydroxylation is 1. The molecule has 2 fully saturated rings. The van der Waals surface area contributed by atoms with Gasteiger partial charge >= 0.3 is 0 Å². The van der Waals surface area contributed by atoms with E-state index >= 15 is 0 Å². The number of rotatable bonds is 8. The number of carbonyl (C=O) groups excluding carboxylic acids is 3. The fourth-order valence-corrected chi connectivity index (χ4v) is 4.44. The fourth-order valence-electron chi connectivity index (χ4n) is 3.61. The molecule has 3 rings (SSSR count). The minimum Gasteiger partial charge on any atom is -0.494 e. The number of thioether (sulfide) groups is 1. The monoisotopic (exact) mass is 446 g/mol. The van der Waals surface area contributed by atoms with E-state index in [2.05, 4.69) is 19.2 Å². The Balaban J connectivity index is 1.72. The van der Waals surface area contributed by atoms with Crippen molar-refractivity contribution in [2.45, 2.75) is 52.6 Å². The van der Waals surface area contributed by atoms with Crippen molar-refractivity contribution in [1.82, 2.24) is 10.2 Å². The van der Waals surface area contributed by atoms with E-state index in [9.17, 15) is 14.4 Å². The summed E-state index contributed by atoms with van der Waals surface area (Å²) in [6, 6.07) is 3.97. The predicted molar refractivity (Wildman–Crippen MR) is 121 cm³/mol. The largest absolute Gasteiger partial charge is 0.494 e. The summed E-state index contributed by atoms with van der Waals surface area (Å²) in [5.74, 6) is 0.278. The molecule has 7 nitrogen and oxygen atoms in total. The molecular formula is C23H30N2O5S. The van der Waals surface area contributed by atoms with E-state index in [1.54, 1.807) is 6.08 Å². The number of carbonyl (C=O) groups is 3. The average molecular weight is 447 g/mol. The Kier molecular flexibility index (Phi) is 7.78. The molecule has 0 aromatic heterocycles. The van der Waals surface area contributed by atoms with Crippen molar-refractivity contribution in [3.63, 3.8) is 0 Å². The zero-order valence-corrected chi connectivity index (χ0v) is 19.3. The number of benzene rings is 1. The van der Waals surface area contributed by atoms with Gasteiger partial charge in [0.05, 0.1) is 17.6 Å². The lowest BCUT2D eigenvalue weighted by Crippen LogP contribution is -2.41. The highest BCUT2D eigenvalue weighted by molar-refractivity contribution is 8.18. The molecule has 168 valence electrons. The molecule has 1 aromatic carbocycles. The van der Waals surface area contributed by atoms with Gasteiger partial charge in [-0.05, 0) is 79.3 Å². The first-order valence-corrected chi connectivity index (χ1v) is 11.5. The molecule has 1 N–H and O–H groups in total. The zero-order valence-electron chi connectivity index (χ0n) is 18.5. The molecule has 0 aliphatic carbocycles. The summed E-state index contributed by atoms with van der Waals surface area (Å²) in [7, 11) is 0. The Labute approximate surface area is 187 Å². The van der Waals surface area contributed by atoms with Crippen LogP contribution >= 0.6 is 11.8 Å². The molecule has 2 aliphatic heterocycles. The van der Waals surface area contributed by atoms with Crippen LogP contribution in [-0.2, 0) is 14.3 Å². The molecule has 0 bridgehead atoms. The summed E-state index contributed by atoms with van der Waals surface area (Å²) in [6.07, 6.45) is 3.63. The van der Waals surface area contributed by atoms with Gasteiger partial charge in [0.1, 0.15) is 12.3 Å². The van der Waals surface area contributed by atoms with Gasteiger partial charge in [-0.15, -0.1) is 0 Å². The smallest absolute Gasteiger partial charge is 0.294 e. The molecule has 3 amide bonds. The molecule has 2 heterocycles. The van der Waals surface area contributed by atoms with Crippen LogP contribution in [0.25, 0.3) is 6.08 Å². The van der Waals surface area contributed by atoms with Crippen molar-refractivity contribution in [2.24, 2.45) is 0 Å². The van der Waals surface area contributed by atoms with Gasteiger partial charge in [-0.25, -0.2) is 0 Å². The molecule has 0 spiro atoms. The van der Waals surface area contributed by atoms with Gasteiger partial charge < -0.3 is 14.8 Å². The van der Waals surface area contributed by atoms with Crippen molar-refractivity contribution >= 4 is 34.9 Å². The van der Waals surface area contributed by atoms with Crippen LogP contribution in [0.2, 0.25) is 0 Å². The number of ether oxygens (including phenoxy) is 2. The van der Waals surface area contributed by atoms with Gasteiger partial charge in [-0.1, -0.05) is 13.8 Å². The van der Waals surface area contributed by atoms with Gasteiger partial charge in [0.2, 0.25) is 5.91 Å². The first-order chi connectivity index (χ1) is 14.8. The highest BCUT2D eigenvalue weighted by Crippen LogP contribution is 2.35. The fraction of sp³-hybridized carbons (Fsp3) is 0.522. The van der Waals surface area contributed by atoms with Gasteiger partial charge in [-0.3, -0.25) is 19.3 Å². The second kappa shape index (κ2) is 10.3. The van der Waals surface area contributed by atoms with E-state index < -0.39 is 11.1 Å². The molecule has 1 atom stereocenters. The van der Waals surface area contributed by atoms with Crippen LogP contribution < -0.4 is 10.1 Å². The summed E-state index contributed by atoms with van der Waals surface area (Å²) in [6.45, 7) is 9.45. The molecule has 2 saturated heterocycles. The predicted octanol–water partition coefficient (Wildman–Crippen LogP) is 3.85. The first-order valence-electron chi connectivity index (χ1n) is 10.7. The minimum absolute atomic E-state index is 0.0107. The van der Waals surface area contributed by atoms with Gasteiger partial charge in [0.25, 0.3) is 11.1 Å². The second-order valence-electron chi connectivity index (χ2n) is 8.04. The molecule has 0 radical (unpaired) electrons. The Hall–Kier alpha value is -2.32. The maximum absolute atomic E-state index is 12.8. The lowest BCUT2D eigenvalue weighted by molar-refractivity contribution is -0.129. The van der Waals surface area contributed by atoms with E-state index in [0.29, 0.717) is 24.7 Å². The second-order valence-corrected chi connectivity index (χ2v) is 9.03. The van der Waals surface area contributed by atoms with Crippen LogP contribution in [0.4, 0.5) is 4.79 Å². The topological polar surface area (TPSA) is 84.9 Å². The lowest BCUT2D eigenvalue weighted by atomic mass is 9.96. The third-order valence-electron chi connectivity index (χ3n) is 5.33. The molecule has 31 heavy (non-hydrogen) atoms. The number of nitrogens with zero attached hydrogens (tertiary/aromatic N) is 1. The lowest BCUT2D eigenvalue weighted by Gasteiger charge is -2.16. The van der Waals surface area contributed by atoms with Crippen molar-refractivity contribution in [3.05, 3.63) is 33.7 Å². The molecule has 1 aromatic rings. The summed E-state index contributed by atoms with van der Waals surface area (Å²) in [4.78, 5) is 38.7. The Morgan fingerprint density at radius 3 is 2.81 bits per heavy atom. The molecule has 0 saturated carbocycles. The van der Waals surface area contributed by atoms with E-state index in [1.807, 2.05) is 26.0 Å². The highest BCUT2D eigenvalue weighted by Gasteiger charge is 2.36. The van der Waals surface area contributed by atoms with Crippen LogP contribution in [-0.4, -0.2) is 54.4 Å². The van der Waals surface area contributed by atoms with Crippen molar-refractivity contribution in [3.8, 4) is 5.75 Å². The average Bonchev–Trinajstić information content (AvgIpc) is 3.32. The maximum atomic E-state index is 12.8. The third kappa shape index (κ3) is 5.68.